The second-order valence-electron chi connectivity index (χ2n) is 6.87. The van der Waals surface area contributed by atoms with E-state index in [1.54, 1.807) is 18.2 Å². The molecule has 0 aromatic heterocycles. The van der Waals surface area contributed by atoms with Gasteiger partial charge in [0.25, 0.3) is 0 Å². The number of hydrogen-bond acceptors (Lipinski definition) is 2. The van der Waals surface area contributed by atoms with Gasteiger partial charge >= 0.3 is 6.03 Å². The lowest BCUT2D eigenvalue weighted by Gasteiger charge is -2.36. The first-order chi connectivity index (χ1) is 12.3. The Hall–Kier alpha value is -2.80. The smallest absolute Gasteiger partial charge is 0.315 e. The maximum atomic E-state index is 13.0. The molecule has 0 unspecified atom stereocenters. The standard InChI is InChI=1S/C21H21N3O/c22-14-15-5-3-8-17(13-15)23-21(25)24(18-11-12-18)20-10-4-7-16-6-1-2-9-19(16)20/h1-3,5-6,8-9,13,18,20H,4,7,10-12H2,(H,23,25)/t20-/m1/s1. The molecule has 1 fully saturated rings. The number of carbonyl (C=O) groups excluding carboxylic acids is 1. The number of nitriles is 1. The van der Waals surface area contributed by atoms with Gasteiger partial charge in [-0.15, -0.1) is 0 Å². The number of nitrogens with one attached hydrogen (secondary N) is 1. The van der Waals surface area contributed by atoms with Crippen molar-refractivity contribution in [3.05, 3.63) is 65.2 Å². The van der Waals surface area contributed by atoms with Crippen LogP contribution in [0.5, 0.6) is 0 Å². The molecule has 2 aromatic rings. The molecule has 0 bridgehead atoms. The molecule has 2 amide bonds. The number of anilines is 1. The maximum Gasteiger partial charge on any atom is 0.322 e. The van der Waals surface area contributed by atoms with E-state index in [-0.39, 0.29) is 12.1 Å². The lowest BCUT2D eigenvalue weighted by atomic mass is 9.87. The zero-order valence-electron chi connectivity index (χ0n) is 14.1. The third-order valence-corrected chi connectivity index (χ3v) is 5.09. The van der Waals surface area contributed by atoms with E-state index in [9.17, 15) is 4.79 Å². The molecular formula is C21H21N3O. The molecule has 2 aromatic carbocycles. The summed E-state index contributed by atoms with van der Waals surface area (Å²) in [5.74, 6) is 0. The van der Waals surface area contributed by atoms with Crippen LogP contribution in [0.2, 0.25) is 0 Å². The number of urea groups is 1. The Bertz CT molecular complexity index is 835. The van der Waals surface area contributed by atoms with Gasteiger partial charge in [0.2, 0.25) is 0 Å². The molecule has 0 spiro atoms. The second-order valence-corrected chi connectivity index (χ2v) is 6.87. The van der Waals surface area contributed by atoms with Crippen molar-refractivity contribution in [1.29, 1.82) is 5.26 Å². The SMILES string of the molecule is N#Cc1cccc(NC(=O)N(C2CC2)[C@@H]2CCCc3ccccc32)c1. The Morgan fingerprint density at radius 3 is 2.76 bits per heavy atom. The van der Waals surface area contributed by atoms with Crippen LogP contribution in [0.3, 0.4) is 0 Å². The molecule has 4 rings (SSSR count). The summed E-state index contributed by atoms with van der Waals surface area (Å²) >= 11 is 0. The lowest BCUT2D eigenvalue weighted by molar-refractivity contribution is 0.175. The molecule has 0 aliphatic heterocycles. The van der Waals surface area contributed by atoms with Crippen molar-refractivity contribution in [2.24, 2.45) is 0 Å². The van der Waals surface area contributed by atoms with E-state index >= 15 is 0 Å². The van der Waals surface area contributed by atoms with Gasteiger partial charge in [-0.05, 0) is 61.4 Å². The van der Waals surface area contributed by atoms with Crippen molar-refractivity contribution in [2.75, 3.05) is 5.32 Å². The van der Waals surface area contributed by atoms with Crippen molar-refractivity contribution >= 4 is 11.7 Å². The van der Waals surface area contributed by atoms with Crippen LogP contribution >= 0.6 is 0 Å². The molecule has 2 aliphatic carbocycles. The van der Waals surface area contributed by atoms with E-state index in [1.165, 1.54) is 11.1 Å². The van der Waals surface area contributed by atoms with Crippen molar-refractivity contribution in [2.45, 2.75) is 44.2 Å². The first kappa shape index (κ1) is 15.7. The molecule has 4 nitrogen and oxygen atoms in total. The fourth-order valence-electron chi connectivity index (χ4n) is 3.79. The van der Waals surface area contributed by atoms with E-state index in [4.69, 9.17) is 5.26 Å². The summed E-state index contributed by atoms with van der Waals surface area (Å²) in [5, 5.41) is 12.0. The number of amides is 2. The minimum Gasteiger partial charge on any atom is -0.315 e. The monoisotopic (exact) mass is 331 g/mol. The lowest BCUT2D eigenvalue weighted by Crippen LogP contribution is -2.41. The number of benzene rings is 2. The molecular weight excluding hydrogens is 310 g/mol. The normalized spacial score (nSPS) is 18.8. The van der Waals surface area contributed by atoms with Gasteiger partial charge in [0.15, 0.2) is 0 Å². The Labute approximate surface area is 148 Å². The Balaban J connectivity index is 1.60. The van der Waals surface area contributed by atoms with Gasteiger partial charge in [-0.3, -0.25) is 0 Å². The predicted octanol–water partition coefficient (Wildman–Crippen LogP) is 4.63. The van der Waals surface area contributed by atoms with Crippen molar-refractivity contribution in [1.82, 2.24) is 4.90 Å². The van der Waals surface area contributed by atoms with E-state index in [2.05, 4.69) is 35.7 Å². The van der Waals surface area contributed by atoms with Gasteiger partial charge in [-0.25, -0.2) is 4.79 Å². The van der Waals surface area contributed by atoms with Gasteiger partial charge in [-0.1, -0.05) is 30.3 Å². The summed E-state index contributed by atoms with van der Waals surface area (Å²) in [6.45, 7) is 0. The van der Waals surface area contributed by atoms with Crippen LogP contribution < -0.4 is 5.32 Å². The van der Waals surface area contributed by atoms with Gasteiger partial charge in [0, 0.05) is 11.7 Å². The van der Waals surface area contributed by atoms with E-state index in [0.29, 0.717) is 17.3 Å². The average molecular weight is 331 g/mol. The second kappa shape index (κ2) is 6.60. The third-order valence-electron chi connectivity index (χ3n) is 5.09. The van der Waals surface area contributed by atoms with E-state index in [1.807, 2.05) is 11.0 Å². The summed E-state index contributed by atoms with van der Waals surface area (Å²) < 4.78 is 0. The van der Waals surface area contributed by atoms with Crippen molar-refractivity contribution in [3.63, 3.8) is 0 Å². The molecule has 1 saturated carbocycles. The number of nitrogens with zero attached hydrogens (tertiary/aromatic N) is 2. The fourth-order valence-corrected chi connectivity index (χ4v) is 3.79. The number of carbonyl (C=O) groups is 1. The Morgan fingerprint density at radius 1 is 1.12 bits per heavy atom. The molecule has 1 N–H and O–H groups in total. The van der Waals surface area contributed by atoms with E-state index < -0.39 is 0 Å². The minimum absolute atomic E-state index is 0.0562. The van der Waals surface area contributed by atoms with E-state index in [0.717, 1.165) is 32.1 Å². The molecule has 25 heavy (non-hydrogen) atoms. The Morgan fingerprint density at radius 2 is 1.96 bits per heavy atom. The van der Waals surface area contributed by atoms with Crippen LogP contribution in [0, 0.1) is 11.3 Å². The highest BCUT2D eigenvalue weighted by Gasteiger charge is 2.39. The highest BCUT2D eigenvalue weighted by atomic mass is 16.2. The van der Waals surface area contributed by atoms with Crippen LogP contribution in [0.4, 0.5) is 10.5 Å². The maximum absolute atomic E-state index is 13.0. The summed E-state index contributed by atoms with van der Waals surface area (Å²) in [6, 6.07) is 18.1. The molecule has 0 radical (unpaired) electrons. The summed E-state index contributed by atoms with van der Waals surface area (Å²) in [4.78, 5) is 15.1. The number of aryl methyl sites for hydroxylation is 1. The van der Waals surface area contributed by atoms with Gasteiger partial charge in [-0.2, -0.15) is 5.26 Å². The predicted molar refractivity (Wildman–Crippen MR) is 97.2 cm³/mol. The van der Waals surface area contributed by atoms with Crippen LogP contribution in [0.15, 0.2) is 48.5 Å². The third kappa shape index (κ3) is 3.23. The fraction of sp³-hybridized carbons (Fsp3) is 0.333. The molecule has 1 atom stereocenters. The van der Waals surface area contributed by atoms with Gasteiger partial charge < -0.3 is 10.2 Å². The van der Waals surface area contributed by atoms with Crippen LogP contribution in [-0.4, -0.2) is 17.0 Å². The quantitative estimate of drug-likeness (QED) is 0.891. The summed E-state index contributed by atoms with van der Waals surface area (Å²) in [6.07, 6.45) is 5.37. The topological polar surface area (TPSA) is 56.1 Å². The molecule has 2 aliphatic rings. The van der Waals surface area contributed by atoms with Crippen LogP contribution in [0.1, 0.15) is 48.4 Å². The molecule has 126 valence electrons. The summed E-state index contributed by atoms with van der Waals surface area (Å²) in [5.41, 5.74) is 3.89. The highest BCUT2D eigenvalue weighted by molar-refractivity contribution is 5.90. The van der Waals surface area contributed by atoms with Crippen molar-refractivity contribution in [3.8, 4) is 6.07 Å². The van der Waals surface area contributed by atoms with Crippen LogP contribution in [0.25, 0.3) is 0 Å². The minimum atomic E-state index is -0.0562. The number of hydrogen-bond donors (Lipinski definition) is 1. The van der Waals surface area contributed by atoms with Gasteiger partial charge in [0.1, 0.15) is 0 Å². The molecule has 0 saturated heterocycles. The largest absolute Gasteiger partial charge is 0.322 e. The number of fused-ring (bicyclic) bond motifs is 1. The molecule has 4 heteroatoms. The zero-order valence-corrected chi connectivity index (χ0v) is 14.1. The average Bonchev–Trinajstić information content (AvgIpc) is 3.47. The number of rotatable bonds is 3. The molecule has 0 heterocycles. The van der Waals surface area contributed by atoms with Gasteiger partial charge in [0.05, 0.1) is 17.7 Å². The Kier molecular flexibility index (Phi) is 4.15. The first-order valence-corrected chi connectivity index (χ1v) is 8.93. The highest BCUT2D eigenvalue weighted by Crippen LogP contribution is 2.41. The van der Waals surface area contributed by atoms with Crippen LogP contribution in [-0.2, 0) is 6.42 Å². The first-order valence-electron chi connectivity index (χ1n) is 8.93. The summed E-state index contributed by atoms with van der Waals surface area (Å²) in [7, 11) is 0. The zero-order chi connectivity index (χ0) is 17.2. The van der Waals surface area contributed by atoms with Crippen molar-refractivity contribution < 1.29 is 4.79 Å².